The zero-order valence-corrected chi connectivity index (χ0v) is 10.7. The number of rotatable bonds is 4. The van der Waals surface area contributed by atoms with Crippen molar-refractivity contribution in [1.82, 2.24) is 4.98 Å². The molecule has 0 radical (unpaired) electrons. The van der Waals surface area contributed by atoms with Gasteiger partial charge in [0.2, 0.25) is 5.13 Å². The number of hydrogen-bond donors (Lipinski definition) is 1. The molecule has 7 heteroatoms. The Morgan fingerprint density at radius 2 is 2.50 bits per heavy atom. The highest BCUT2D eigenvalue weighted by Gasteiger charge is 2.15. The fraction of sp³-hybridized carbons (Fsp3) is 0.182. The molecule has 0 atom stereocenters. The van der Waals surface area contributed by atoms with E-state index in [0.717, 1.165) is 0 Å². The van der Waals surface area contributed by atoms with E-state index in [1.165, 1.54) is 24.7 Å². The minimum atomic E-state index is -0.395. The van der Waals surface area contributed by atoms with Crippen LogP contribution in [0.2, 0.25) is 0 Å². The number of thiazole rings is 1. The SMILES string of the molecule is COC(=O)c1sc(N/N=C\c2ccco2)nc1C. The molecule has 2 aromatic heterocycles. The quantitative estimate of drug-likeness (QED) is 0.521. The van der Waals surface area contributed by atoms with Crippen LogP contribution in [0.4, 0.5) is 5.13 Å². The van der Waals surface area contributed by atoms with E-state index in [2.05, 4.69) is 20.2 Å². The largest absolute Gasteiger partial charge is 0.465 e. The van der Waals surface area contributed by atoms with Crippen LogP contribution < -0.4 is 5.43 Å². The molecular formula is C11H11N3O3S. The molecule has 0 saturated carbocycles. The molecule has 0 aromatic carbocycles. The number of ether oxygens (including phenoxy) is 1. The number of hydrazone groups is 1. The van der Waals surface area contributed by atoms with E-state index in [0.29, 0.717) is 21.5 Å². The minimum absolute atomic E-state index is 0.395. The third-order valence-electron chi connectivity index (χ3n) is 2.06. The van der Waals surface area contributed by atoms with Gasteiger partial charge in [0.15, 0.2) is 0 Å². The minimum Gasteiger partial charge on any atom is -0.465 e. The molecule has 0 amide bonds. The lowest BCUT2D eigenvalue weighted by Gasteiger charge is -1.93. The second-order valence-corrected chi connectivity index (χ2v) is 4.31. The van der Waals surface area contributed by atoms with Crippen LogP contribution in [0.15, 0.2) is 27.9 Å². The van der Waals surface area contributed by atoms with Crippen molar-refractivity contribution >= 4 is 28.7 Å². The molecule has 0 aliphatic rings. The smallest absolute Gasteiger partial charge is 0.350 e. The van der Waals surface area contributed by atoms with Crippen LogP contribution in [0.5, 0.6) is 0 Å². The zero-order chi connectivity index (χ0) is 13.0. The van der Waals surface area contributed by atoms with Crippen molar-refractivity contribution in [1.29, 1.82) is 0 Å². The summed E-state index contributed by atoms with van der Waals surface area (Å²) >= 11 is 1.19. The average molecular weight is 265 g/mol. The van der Waals surface area contributed by atoms with Gasteiger partial charge in [-0.3, -0.25) is 5.43 Å². The van der Waals surface area contributed by atoms with Crippen LogP contribution in [0.3, 0.4) is 0 Å². The maximum atomic E-state index is 11.4. The van der Waals surface area contributed by atoms with E-state index in [1.807, 2.05) is 0 Å². The number of aromatic nitrogens is 1. The number of anilines is 1. The van der Waals surface area contributed by atoms with Crippen LogP contribution in [0.25, 0.3) is 0 Å². The van der Waals surface area contributed by atoms with Gasteiger partial charge in [0.05, 0.1) is 25.3 Å². The molecular weight excluding hydrogens is 254 g/mol. The Morgan fingerprint density at radius 3 is 3.17 bits per heavy atom. The number of carbonyl (C=O) groups is 1. The van der Waals surface area contributed by atoms with E-state index in [4.69, 9.17) is 4.42 Å². The summed E-state index contributed by atoms with van der Waals surface area (Å²) in [6.45, 7) is 1.74. The molecule has 0 unspecified atom stereocenters. The second kappa shape index (κ2) is 5.46. The van der Waals surface area contributed by atoms with E-state index < -0.39 is 5.97 Å². The molecule has 0 aliphatic heterocycles. The van der Waals surface area contributed by atoms with Crippen molar-refractivity contribution in [2.75, 3.05) is 12.5 Å². The number of aryl methyl sites for hydroxylation is 1. The number of carbonyl (C=O) groups excluding carboxylic acids is 1. The van der Waals surface area contributed by atoms with Gasteiger partial charge in [0, 0.05) is 0 Å². The van der Waals surface area contributed by atoms with Gasteiger partial charge in [0.1, 0.15) is 10.6 Å². The van der Waals surface area contributed by atoms with Gasteiger partial charge in [-0.15, -0.1) is 0 Å². The van der Waals surface area contributed by atoms with Crippen LogP contribution >= 0.6 is 11.3 Å². The third-order valence-corrected chi connectivity index (χ3v) is 3.10. The van der Waals surface area contributed by atoms with E-state index in [1.54, 1.807) is 25.3 Å². The molecule has 0 bridgehead atoms. The average Bonchev–Trinajstić information content (AvgIpc) is 2.98. The number of hydrogen-bond acceptors (Lipinski definition) is 7. The van der Waals surface area contributed by atoms with Gasteiger partial charge in [-0.1, -0.05) is 11.3 Å². The molecule has 1 N–H and O–H groups in total. The summed E-state index contributed by atoms with van der Waals surface area (Å²) in [5.74, 6) is 0.233. The highest BCUT2D eigenvalue weighted by atomic mass is 32.1. The first-order valence-electron chi connectivity index (χ1n) is 5.09. The van der Waals surface area contributed by atoms with Crippen molar-refractivity contribution in [2.24, 2.45) is 5.10 Å². The fourth-order valence-corrected chi connectivity index (χ4v) is 2.08. The first kappa shape index (κ1) is 12.3. The molecule has 0 saturated heterocycles. The molecule has 2 heterocycles. The highest BCUT2D eigenvalue weighted by Crippen LogP contribution is 2.23. The summed E-state index contributed by atoms with van der Waals surface area (Å²) < 4.78 is 9.72. The lowest BCUT2D eigenvalue weighted by molar-refractivity contribution is 0.0605. The Hall–Kier alpha value is -2.15. The van der Waals surface area contributed by atoms with Crippen LogP contribution in [0.1, 0.15) is 21.1 Å². The number of nitrogens with one attached hydrogen (secondary N) is 1. The molecule has 94 valence electrons. The Labute approximate surface area is 107 Å². The summed E-state index contributed by atoms with van der Waals surface area (Å²) in [5.41, 5.74) is 3.35. The zero-order valence-electron chi connectivity index (χ0n) is 9.84. The summed E-state index contributed by atoms with van der Waals surface area (Å²) in [6, 6.07) is 3.54. The summed E-state index contributed by atoms with van der Waals surface area (Å²) in [5, 5.41) is 4.47. The van der Waals surface area contributed by atoms with Gasteiger partial charge in [0.25, 0.3) is 0 Å². The summed E-state index contributed by atoms with van der Waals surface area (Å²) in [6.07, 6.45) is 3.08. The number of methoxy groups -OCH3 is 1. The van der Waals surface area contributed by atoms with Crippen molar-refractivity contribution in [3.63, 3.8) is 0 Å². The monoisotopic (exact) mass is 265 g/mol. The van der Waals surface area contributed by atoms with Gasteiger partial charge < -0.3 is 9.15 Å². The normalized spacial score (nSPS) is 10.8. The summed E-state index contributed by atoms with van der Waals surface area (Å²) in [7, 11) is 1.34. The van der Waals surface area contributed by atoms with Gasteiger partial charge in [-0.25, -0.2) is 9.78 Å². The predicted molar refractivity (Wildman–Crippen MR) is 68.1 cm³/mol. The Balaban J connectivity index is 2.04. The predicted octanol–water partition coefficient (Wildman–Crippen LogP) is 2.28. The second-order valence-electron chi connectivity index (χ2n) is 3.31. The van der Waals surface area contributed by atoms with Crippen LogP contribution in [-0.4, -0.2) is 24.3 Å². The molecule has 2 aromatic rings. The van der Waals surface area contributed by atoms with E-state index in [9.17, 15) is 4.79 Å². The van der Waals surface area contributed by atoms with Gasteiger partial charge >= 0.3 is 5.97 Å². The Morgan fingerprint density at radius 1 is 1.67 bits per heavy atom. The van der Waals surface area contributed by atoms with Crippen molar-refractivity contribution < 1.29 is 13.9 Å². The third kappa shape index (κ3) is 2.75. The van der Waals surface area contributed by atoms with E-state index in [-0.39, 0.29) is 0 Å². The molecule has 6 nitrogen and oxygen atoms in total. The molecule has 2 rings (SSSR count). The van der Waals surface area contributed by atoms with Crippen molar-refractivity contribution in [2.45, 2.75) is 6.92 Å². The summed E-state index contributed by atoms with van der Waals surface area (Å²) in [4.78, 5) is 16.0. The van der Waals surface area contributed by atoms with Crippen LogP contribution in [-0.2, 0) is 4.74 Å². The van der Waals surface area contributed by atoms with Gasteiger partial charge in [-0.05, 0) is 19.1 Å². The van der Waals surface area contributed by atoms with Crippen LogP contribution in [0, 0.1) is 6.92 Å². The molecule has 0 aliphatic carbocycles. The number of furan rings is 1. The number of esters is 1. The Kier molecular flexibility index (Phi) is 3.73. The molecule has 0 spiro atoms. The fourth-order valence-electron chi connectivity index (χ4n) is 1.24. The Bertz CT molecular complexity index is 560. The first-order chi connectivity index (χ1) is 8.70. The topological polar surface area (TPSA) is 76.7 Å². The van der Waals surface area contributed by atoms with Crippen molar-refractivity contribution in [3.8, 4) is 0 Å². The molecule has 18 heavy (non-hydrogen) atoms. The lowest BCUT2D eigenvalue weighted by Crippen LogP contribution is -1.99. The maximum absolute atomic E-state index is 11.4. The van der Waals surface area contributed by atoms with Crippen molar-refractivity contribution in [3.05, 3.63) is 34.7 Å². The first-order valence-corrected chi connectivity index (χ1v) is 5.90. The highest BCUT2D eigenvalue weighted by molar-refractivity contribution is 7.17. The van der Waals surface area contributed by atoms with E-state index >= 15 is 0 Å². The molecule has 0 fully saturated rings. The number of nitrogens with zero attached hydrogens (tertiary/aromatic N) is 2. The standard InChI is InChI=1S/C11H11N3O3S/c1-7-9(10(15)16-2)18-11(13-7)14-12-6-8-4-3-5-17-8/h3-6H,1-2H3,(H,13,14)/b12-6-. The lowest BCUT2D eigenvalue weighted by atomic mass is 10.4. The maximum Gasteiger partial charge on any atom is 0.350 e. The van der Waals surface area contributed by atoms with Gasteiger partial charge in [-0.2, -0.15) is 5.10 Å².